The van der Waals surface area contributed by atoms with Gasteiger partial charge in [-0.15, -0.1) is 0 Å². The number of amides is 1. The van der Waals surface area contributed by atoms with Crippen molar-refractivity contribution in [1.29, 1.82) is 5.26 Å². The molecule has 8 nitrogen and oxygen atoms in total. The minimum Gasteiger partial charge on any atom is -0.453 e. The molecular weight excluding hydrogens is 516 g/mol. The van der Waals surface area contributed by atoms with Gasteiger partial charge >= 0.3 is 6.09 Å². The number of aromatic nitrogens is 2. The molecule has 2 unspecified atom stereocenters. The van der Waals surface area contributed by atoms with Gasteiger partial charge in [-0.05, 0) is 54.7 Å². The number of aliphatic imine (C=N–C) groups is 1. The number of morpholine rings is 1. The van der Waals surface area contributed by atoms with Crippen LogP contribution in [0.15, 0.2) is 47.2 Å². The number of benzene rings is 1. The van der Waals surface area contributed by atoms with E-state index in [9.17, 15) is 14.4 Å². The number of ether oxygens (including phenoxy) is 2. The third kappa shape index (κ3) is 5.21. The van der Waals surface area contributed by atoms with E-state index in [0.29, 0.717) is 77.7 Å². The first-order valence-electron chi connectivity index (χ1n) is 13.3. The van der Waals surface area contributed by atoms with Crippen molar-refractivity contribution in [3.05, 3.63) is 70.7 Å². The van der Waals surface area contributed by atoms with Gasteiger partial charge in [0, 0.05) is 36.7 Å². The highest BCUT2D eigenvalue weighted by atomic mass is 19.1. The predicted molar refractivity (Wildman–Crippen MR) is 146 cm³/mol. The molecule has 0 saturated carbocycles. The smallest absolute Gasteiger partial charge is 0.409 e. The van der Waals surface area contributed by atoms with Crippen LogP contribution in [0.2, 0.25) is 0 Å². The van der Waals surface area contributed by atoms with E-state index in [-0.39, 0.29) is 11.8 Å². The monoisotopic (exact) mass is 547 g/mol. The molecule has 2 aliphatic rings. The minimum atomic E-state index is -0.491. The Morgan fingerprint density at radius 2 is 2.08 bits per heavy atom. The SMILES string of the molecule is COC(=O)N1CCO[C@@H](Cc2c(-c3c(C)cc(C4=NC(C#N)=CCC(C)C4C)cc3F)nc3cc(F)ccn23)C1. The van der Waals surface area contributed by atoms with Crippen LogP contribution < -0.4 is 0 Å². The van der Waals surface area contributed by atoms with Crippen LogP contribution in [0, 0.1) is 41.7 Å². The summed E-state index contributed by atoms with van der Waals surface area (Å²) in [5.74, 6) is -0.700. The molecule has 0 bridgehead atoms. The van der Waals surface area contributed by atoms with Crippen molar-refractivity contribution < 1.29 is 23.0 Å². The van der Waals surface area contributed by atoms with Gasteiger partial charge in [-0.3, -0.25) is 0 Å². The van der Waals surface area contributed by atoms with Crippen LogP contribution in [-0.4, -0.2) is 59.0 Å². The highest BCUT2D eigenvalue weighted by Gasteiger charge is 2.29. The van der Waals surface area contributed by atoms with Gasteiger partial charge in [-0.1, -0.05) is 13.8 Å². The Kier molecular flexibility index (Phi) is 7.68. The first-order valence-corrected chi connectivity index (χ1v) is 13.3. The van der Waals surface area contributed by atoms with E-state index in [1.54, 1.807) is 22.4 Å². The highest BCUT2D eigenvalue weighted by Crippen LogP contribution is 2.34. The number of hydrogen-bond donors (Lipinski definition) is 0. The number of carbonyl (C=O) groups excluding carboxylic acids is 1. The lowest BCUT2D eigenvalue weighted by molar-refractivity contribution is -0.0241. The van der Waals surface area contributed by atoms with Gasteiger partial charge in [0.15, 0.2) is 0 Å². The summed E-state index contributed by atoms with van der Waals surface area (Å²) < 4.78 is 42.8. The molecule has 3 atom stereocenters. The van der Waals surface area contributed by atoms with Crippen molar-refractivity contribution >= 4 is 17.5 Å². The molecule has 40 heavy (non-hydrogen) atoms. The van der Waals surface area contributed by atoms with Gasteiger partial charge in [-0.25, -0.2) is 23.6 Å². The molecular formula is C30H31F2N5O3. The summed E-state index contributed by atoms with van der Waals surface area (Å²) in [7, 11) is 1.33. The molecule has 2 aliphatic heterocycles. The van der Waals surface area contributed by atoms with Crippen molar-refractivity contribution in [2.45, 2.75) is 39.7 Å². The Hall–Kier alpha value is -4.10. The molecule has 0 N–H and O–H groups in total. The zero-order valence-corrected chi connectivity index (χ0v) is 22.9. The Morgan fingerprint density at radius 3 is 2.80 bits per heavy atom. The number of pyridine rings is 1. The largest absolute Gasteiger partial charge is 0.453 e. The first-order chi connectivity index (χ1) is 19.2. The normalized spacial score (nSPS) is 21.4. The van der Waals surface area contributed by atoms with Crippen molar-refractivity contribution in [3.8, 4) is 17.3 Å². The molecule has 0 spiro atoms. The molecule has 208 valence electrons. The first kappa shape index (κ1) is 27.5. The summed E-state index contributed by atoms with van der Waals surface area (Å²) in [6.07, 6.45) is 3.59. The molecule has 1 fully saturated rings. The van der Waals surface area contributed by atoms with Gasteiger partial charge in [0.2, 0.25) is 0 Å². The van der Waals surface area contributed by atoms with E-state index >= 15 is 4.39 Å². The number of hydrogen-bond acceptors (Lipinski definition) is 6. The van der Waals surface area contributed by atoms with Crippen LogP contribution in [-0.2, 0) is 15.9 Å². The lowest BCUT2D eigenvalue weighted by Gasteiger charge is -2.32. The maximum absolute atomic E-state index is 16.1. The Labute approximate surface area is 231 Å². The van der Waals surface area contributed by atoms with Crippen molar-refractivity contribution in [1.82, 2.24) is 14.3 Å². The van der Waals surface area contributed by atoms with Crippen molar-refractivity contribution in [2.24, 2.45) is 16.8 Å². The van der Waals surface area contributed by atoms with Gasteiger partial charge in [0.05, 0.1) is 43.5 Å². The average molecular weight is 548 g/mol. The van der Waals surface area contributed by atoms with Crippen LogP contribution >= 0.6 is 0 Å². The van der Waals surface area contributed by atoms with E-state index in [2.05, 4.69) is 23.0 Å². The van der Waals surface area contributed by atoms with E-state index in [1.807, 2.05) is 19.1 Å². The maximum Gasteiger partial charge on any atom is 0.409 e. The highest BCUT2D eigenvalue weighted by molar-refractivity contribution is 6.03. The molecule has 0 radical (unpaired) electrons. The van der Waals surface area contributed by atoms with E-state index < -0.39 is 23.8 Å². The van der Waals surface area contributed by atoms with Gasteiger partial charge in [0.1, 0.15) is 29.0 Å². The van der Waals surface area contributed by atoms with Crippen LogP contribution in [0.4, 0.5) is 13.6 Å². The third-order valence-electron chi connectivity index (χ3n) is 7.82. The molecule has 2 aromatic heterocycles. The molecule has 0 aliphatic carbocycles. The number of aryl methyl sites for hydroxylation is 1. The number of nitriles is 1. The summed E-state index contributed by atoms with van der Waals surface area (Å²) in [5, 5.41) is 9.49. The summed E-state index contributed by atoms with van der Waals surface area (Å²) in [6.45, 7) is 6.97. The molecule has 10 heteroatoms. The average Bonchev–Trinajstić information content (AvgIpc) is 3.20. The second-order valence-electron chi connectivity index (χ2n) is 10.4. The summed E-state index contributed by atoms with van der Waals surface area (Å²) in [4.78, 5) is 22.9. The number of nitrogens with zero attached hydrogens (tertiary/aromatic N) is 5. The van der Waals surface area contributed by atoms with Crippen LogP contribution in [0.3, 0.4) is 0 Å². The lowest BCUT2D eigenvalue weighted by Crippen LogP contribution is -2.46. The number of fused-ring (bicyclic) bond motifs is 1. The van der Waals surface area contributed by atoms with E-state index in [0.717, 1.165) is 0 Å². The van der Waals surface area contributed by atoms with Crippen LogP contribution in [0.25, 0.3) is 16.9 Å². The standard InChI is InChI=1S/C30H31F2N5O3/c1-17-5-6-22(15-33)34-28(19(17)3)20-11-18(2)27(24(32)12-20)29-25(37-8-7-21(31)13-26(37)35-29)14-23-16-36(9-10-40-23)30(38)39-4/h6-8,11-13,17,19,23H,5,9-10,14,16H2,1-4H3/t17?,19?,23-/m0/s1. The predicted octanol–water partition coefficient (Wildman–Crippen LogP) is 5.47. The van der Waals surface area contributed by atoms with E-state index in [1.165, 1.54) is 25.3 Å². The van der Waals surface area contributed by atoms with Crippen molar-refractivity contribution in [2.75, 3.05) is 26.8 Å². The van der Waals surface area contributed by atoms with Crippen molar-refractivity contribution in [3.63, 3.8) is 0 Å². The summed E-state index contributed by atoms with van der Waals surface area (Å²) in [6, 6.07) is 8.05. The quantitative estimate of drug-likeness (QED) is 0.432. The molecule has 3 aromatic rings. The van der Waals surface area contributed by atoms with Crippen LogP contribution in [0.5, 0.6) is 0 Å². The van der Waals surface area contributed by atoms with Crippen LogP contribution in [0.1, 0.15) is 37.1 Å². The fourth-order valence-corrected chi connectivity index (χ4v) is 5.46. The summed E-state index contributed by atoms with van der Waals surface area (Å²) >= 11 is 0. The van der Waals surface area contributed by atoms with E-state index in [4.69, 9.17) is 9.47 Å². The lowest BCUT2D eigenvalue weighted by atomic mass is 9.85. The fourth-order valence-electron chi connectivity index (χ4n) is 5.46. The second kappa shape index (κ2) is 11.2. The fraction of sp³-hybridized carbons (Fsp3) is 0.400. The zero-order valence-electron chi connectivity index (χ0n) is 22.9. The number of rotatable bonds is 4. The zero-order chi connectivity index (χ0) is 28.6. The second-order valence-corrected chi connectivity index (χ2v) is 10.4. The molecule has 1 saturated heterocycles. The molecule has 1 aromatic carbocycles. The van der Waals surface area contributed by atoms with Gasteiger partial charge in [-0.2, -0.15) is 5.26 Å². The number of methoxy groups -OCH3 is 1. The number of carbonyl (C=O) groups is 1. The Balaban J connectivity index is 1.58. The maximum atomic E-state index is 16.1. The molecule has 4 heterocycles. The minimum absolute atomic E-state index is 0.0155. The number of allylic oxidation sites excluding steroid dienone is 2. The molecule has 5 rings (SSSR count). The summed E-state index contributed by atoms with van der Waals surface area (Å²) in [5.41, 5.74) is 3.91. The van der Waals surface area contributed by atoms with Gasteiger partial charge in [0.25, 0.3) is 0 Å². The Morgan fingerprint density at radius 1 is 1.27 bits per heavy atom. The third-order valence-corrected chi connectivity index (χ3v) is 7.82. The molecule has 1 amide bonds. The van der Waals surface area contributed by atoms with Gasteiger partial charge < -0.3 is 18.8 Å². The number of halogens is 2. The number of imidazole rings is 1. The Bertz CT molecular complexity index is 1550. The topological polar surface area (TPSA) is 92.2 Å².